The minimum absolute atomic E-state index is 0.734. The van der Waals surface area contributed by atoms with Crippen LogP contribution in [-0.4, -0.2) is 30.4 Å². The summed E-state index contributed by atoms with van der Waals surface area (Å²) in [6.07, 6.45) is 3.70. The van der Waals surface area contributed by atoms with Crippen molar-refractivity contribution >= 4 is 23.0 Å². The Morgan fingerprint density at radius 1 is 1.35 bits per heavy atom. The molecule has 1 aromatic carbocycles. The summed E-state index contributed by atoms with van der Waals surface area (Å²) in [5.41, 5.74) is 3.53. The molecule has 0 unspecified atom stereocenters. The van der Waals surface area contributed by atoms with E-state index in [1.165, 1.54) is 11.8 Å². The summed E-state index contributed by atoms with van der Waals surface area (Å²) in [6.45, 7) is 4.16. The molecular formula is C15H17N3OS. The first kappa shape index (κ1) is 14.4. The third kappa shape index (κ3) is 2.77. The zero-order valence-electron chi connectivity index (χ0n) is 11.8. The topological polar surface area (TPSA) is 47.0 Å². The van der Waals surface area contributed by atoms with Gasteiger partial charge in [-0.3, -0.25) is 0 Å². The number of nitrogens with one attached hydrogen (secondary N) is 1. The Morgan fingerprint density at radius 2 is 2.15 bits per heavy atom. The molecule has 104 valence electrons. The van der Waals surface area contributed by atoms with E-state index in [0.717, 1.165) is 33.4 Å². The number of methoxy groups -OCH3 is 1. The number of para-hydroxylation sites is 1. The smallest absolute Gasteiger partial charge is 0.187 e. The van der Waals surface area contributed by atoms with Crippen molar-refractivity contribution in [2.24, 2.45) is 0 Å². The predicted molar refractivity (Wildman–Crippen MR) is 84.5 cm³/mol. The Bertz CT molecular complexity index is 628. The summed E-state index contributed by atoms with van der Waals surface area (Å²) in [7, 11) is 3.52. The second kappa shape index (κ2) is 6.43. The molecule has 0 aliphatic carbocycles. The monoisotopic (exact) mass is 287 g/mol. The van der Waals surface area contributed by atoms with Crippen molar-refractivity contribution in [3.05, 3.63) is 48.3 Å². The van der Waals surface area contributed by atoms with Gasteiger partial charge in [0.2, 0.25) is 0 Å². The normalized spacial score (nSPS) is 10.2. The lowest BCUT2D eigenvalue weighted by atomic mass is 10.0. The van der Waals surface area contributed by atoms with Crippen molar-refractivity contribution in [1.29, 1.82) is 0 Å². The molecule has 0 aliphatic rings. The Kier molecular flexibility index (Phi) is 4.63. The molecule has 0 radical (unpaired) electrons. The van der Waals surface area contributed by atoms with Gasteiger partial charge in [-0.05, 0) is 18.4 Å². The molecule has 2 aromatic rings. The highest BCUT2D eigenvalue weighted by molar-refractivity contribution is 7.98. The summed E-state index contributed by atoms with van der Waals surface area (Å²) >= 11 is 1.51. The van der Waals surface area contributed by atoms with Gasteiger partial charge in [-0.15, -0.1) is 0 Å². The van der Waals surface area contributed by atoms with E-state index >= 15 is 0 Å². The lowest BCUT2D eigenvalue weighted by Crippen LogP contribution is -2.00. The van der Waals surface area contributed by atoms with Crippen molar-refractivity contribution in [2.75, 3.05) is 25.7 Å². The number of rotatable bonds is 5. The number of nitrogens with zero attached hydrogens (tertiary/aromatic N) is 2. The average molecular weight is 287 g/mol. The summed E-state index contributed by atoms with van der Waals surface area (Å²) in [6, 6.07) is 7.71. The summed E-state index contributed by atoms with van der Waals surface area (Å²) in [5.74, 6) is 0.783. The SMILES string of the molecule is C=C(c1ccnc(SC)n1)c1cccc(OC)c1NC. The predicted octanol–water partition coefficient (Wildman–Crippen LogP) is 3.31. The zero-order valence-corrected chi connectivity index (χ0v) is 12.6. The van der Waals surface area contributed by atoms with Gasteiger partial charge >= 0.3 is 0 Å². The molecule has 2 rings (SSSR count). The molecule has 20 heavy (non-hydrogen) atoms. The lowest BCUT2D eigenvalue weighted by Gasteiger charge is -2.15. The van der Waals surface area contributed by atoms with Crippen LogP contribution in [0, 0.1) is 0 Å². The van der Waals surface area contributed by atoms with Gasteiger partial charge in [-0.2, -0.15) is 0 Å². The van der Waals surface area contributed by atoms with Crippen LogP contribution in [0.15, 0.2) is 42.2 Å². The van der Waals surface area contributed by atoms with Crippen molar-refractivity contribution in [3.63, 3.8) is 0 Å². The van der Waals surface area contributed by atoms with Crippen molar-refractivity contribution < 1.29 is 4.74 Å². The van der Waals surface area contributed by atoms with E-state index in [1.807, 2.05) is 37.6 Å². The molecule has 0 spiro atoms. The van der Waals surface area contributed by atoms with E-state index in [1.54, 1.807) is 13.3 Å². The van der Waals surface area contributed by atoms with Gasteiger partial charge in [0.05, 0.1) is 18.5 Å². The van der Waals surface area contributed by atoms with E-state index in [-0.39, 0.29) is 0 Å². The number of aromatic nitrogens is 2. The number of thioether (sulfide) groups is 1. The van der Waals surface area contributed by atoms with Gasteiger partial charge < -0.3 is 10.1 Å². The van der Waals surface area contributed by atoms with Crippen molar-refractivity contribution in [2.45, 2.75) is 5.16 Å². The molecule has 4 nitrogen and oxygen atoms in total. The van der Waals surface area contributed by atoms with Gasteiger partial charge in [-0.1, -0.05) is 30.5 Å². The van der Waals surface area contributed by atoms with Crippen LogP contribution in [0.5, 0.6) is 5.75 Å². The highest BCUT2D eigenvalue weighted by atomic mass is 32.2. The molecule has 0 atom stereocenters. The van der Waals surface area contributed by atoms with Gasteiger partial charge in [0.25, 0.3) is 0 Å². The van der Waals surface area contributed by atoms with Crippen LogP contribution >= 0.6 is 11.8 Å². The first-order chi connectivity index (χ1) is 9.71. The molecule has 0 saturated heterocycles. The van der Waals surface area contributed by atoms with Gasteiger partial charge in [0, 0.05) is 24.4 Å². The Labute approximate surface area is 123 Å². The Morgan fingerprint density at radius 3 is 2.80 bits per heavy atom. The van der Waals surface area contributed by atoms with E-state index in [0.29, 0.717) is 0 Å². The molecule has 0 bridgehead atoms. The van der Waals surface area contributed by atoms with Crippen LogP contribution in [-0.2, 0) is 0 Å². The Balaban J connectivity index is 2.47. The zero-order chi connectivity index (χ0) is 14.5. The fourth-order valence-electron chi connectivity index (χ4n) is 1.96. The molecule has 0 aliphatic heterocycles. The molecule has 1 aromatic heterocycles. The number of hydrogen-bond donors (Lipinski definition) is 1. The maximum absolute atomic E-state index is 5.37. The molecule has 0 amide bonds. The highest BCUT2D eigenvalue weighted by Crippen LogP contribution is 2.34. The second-order valence-corrected chi connectivity index (χ2v) is 4.81. The molecule has 0 saturated carbocycles. The maximum Gasteiger partial charge on any atom is 0.187 e. The molecule has 1 heterocycles. The number of hydrogen-bond acceptors (Lipinski definition) is 5. The molecule has 5 heteroatoms. The third-order valence-corrected chi connectivity index (χ3v) is 3.51. The Hall–Kier alpha value is -2.01. The first-order valence-corrected chi connectivity index (χ1v) is 7.35. The largest absolute Gasteiger partial charge is 0.495 e. The third-order valence-electron chi connectivity index (χ3n) is 2.95. The maximum atomic E-state index is 5.37. The van der Waals surface area contributed by atoms with Crippen LogP contribution in [0.4, 0.5) is 5.69 Å². The standard InChI is InChI=1S/C15H17N3OS/c1-10(12-8-9-17-15(18-12)20-4)11-6-5-7-13(19-3)14(11)16-2/h5-9,16H,1H2,2-4H3. The highest BCUT2D eigenvalue weighted by Gasteiger charge is 2.13. The summed E-state index contributed by atoms with van der Waals surface area (Å²) < 4.78 is 5.37. The quantitative estimate of drug-likeness (QED) is 0.675. The van der Waals surface area contributed by atoms with E-state index in [9.17, 15) is 0 Å². The fourth-order valence-corrected chi connectivity index (χ4v) is 2.31. The van der Waals surface area contributed by atoms with Crippen LogP contribution in [0.2, 0.25) is 0 Å². The summed E-state index contributed by atoms with van der Waals surface area (Å²) in [5, 5.41) is 3.89. The van der Waals surface area contributed by atoms with Gasteiger partial charge in [0.15, 0.2) is 5.16 Å². The van der Waals surface area contributed by atoms with Crippen LogP contribution < -0.4 is 10.1 Å². The van der Waals surface area contributed by atoms with Gasteiger partial charge in [0.1, 0.15) is 5.75 Å². The van der Waals surface area contributed by atoms with Crippen LogP contribution in [0.25, 0.3) is 5.57 Å². The van der Waals surface area contributed by atoms with Crippen molar-refractivity contribution in [3.8, 4) is 5.75 Å². The molecule has 1 N–H and O–H groups in total. The molecule has 0 fully saturated rings. The van der Waals surface area contributed by atoms with Crippen LogP contribution in [0.3, 0.4) is 0 Å². The lowest BCUT2D eigenvalue weighted by molar-refractivity contribution is 0.416. The second-order valence-electron chi connectivity index (χ2n) is 4.04. The minimum atomic E-state index is 0.734. The number of ether oxygens (including phenoxy) is 1. The fraction of sp³-hybridized carbons (Fsp3) is 0.200. The number of anilines is 1. The average Bonchev–Trinajstić information content (AvgIpc) is 2.53. The van der Waals surface area contributed by atoms with Gasteiger partial charge in [-0.25, -0.2) is 9.97 Å². The minimum Gasteiger partial charge on any atom is -0.495 e. The summed E-state index contributed by atoms with van der Waals surface area (Å²) in [4.78, 5) is 8.66. The van der Waals surface area contributed by atoms with Crippen molar-refractivity contribution in [1.82, 2.24) is 9.97 Å². The first-order valence-electron chi connectivity index (χ1n) is 6.12. The number of benzene rings is 1. The van der Waals surface area contributed by atoms with E-state index in [2.05, 4.69) is 21.9 Å². The van der Waals surface area contributed by atoms with Crippen LogP contribution in [0.1, 0.15) is 11.3 Å². The van der Waals surface area contributed by atoms with E-state index in [4.69, 9.17) is 4.74 Å². The van der Waals surface area contributed by atoms with E-state index < -0.39 is 0 Å². The molecular weight excluding hydrogens is 270 g/mol.